The lowest BCUT2D eigenvalue weighted by Crippen LogP contribution is -2.46. The number of benzene rings is 3. The third kappa shape index (κ3) is 5.70. The molecule has 0 saturated carbocycles. The average molecular weight is 507 g/mol. The molecule has 4 aromatic rings. The molecule has 3 amide bonds. The minimum atomic E-state index is -0.917. The number of aromatic nitrogens is 1. The molecule has 2 N–H and O–H groups in total. The lowest BCUT2D eigenvalue weighted by molar-refractivity contribution is -0.126. The minimum absolute atomic E-state index is 0.214. The molecule has 2 heterocycles. The Labute approximate surface area is 220 Å². The Hall–Kier alpha value is -4.98. The number of rotatable bonds is 8. The monoisotopic (exact) mass is 506 g/mol. The third-order valence-corrected chi connectivity index (χ3v) is 6.25. The molecule has 1 saturated heterocycles. The summed E-state index contributed by atoms with van der Waals surface area (Å²) >= 11 is 0. The highest BCUT2D eigenvalue weighted by molar-refractivity contribution is 6.04. The normalized spacial score (nSPS) is 16.5. The van der Waals surface area contributed by atoms with E-state index in [0.29, 0.717) is 16.8 Å². The van der Waals surface area contributed by atoms with Crippen LogP contribution in [0.2, 0.25) is 0 Å². The van der Waals surface area contributed by atoms with Gasteiger partial charge in [0.25, 0.3) is 5.91 Å². The Kier molecular flexibility index (Phi) is 7.40. The smallest absolute Gasteiger partial charge is 0.411 e. The van der Waals surface area contributed by atoms with E-state index < -0.39 is 18.2 Å². The van der Waals surface area contributed by atoms with E-state index in [4.69, 9.17) is 4.74 Å². The predicted molar refractivity (Wildman–Crippen MR) is 142 cm³/mol. The van der Waals surface area contributed by atoms with Gasteiger partial charge in [-0.15, -0.1) is 0 Å². The van der Waals surface area contributed by atoms with E-state index in [-0.39, 0.29) is 24.9 Å². The quantitative estimate of drug-likeness (QED) is 0.360. The summed E-state index contributed by atoms with van der Waals surface area (Å²) in [6.45, 7) is 0.474. The molecule has 0 aliphatic carbocycles. The van der Waals surface area contributed by atoms with Gasteiger partial charge in [0.2, 0.25) is 5.91 Å². The minimum Gasteiger partial charge on any atom is -0.438 e. The van der Waals surface area contributed by atoms with E-state index in [0.717, 1.165) is 11.1 Å². The summed E-state index contributed by atoms with van der Waals surface area (Å²) < 4.78 is 5.76. The van der Waals surface area contributed by atoms with Crippen molar-refractivity contribution in [2.45, 2.75) is 25.2 Å². The fourth-order valence-corrected chi connectivity index (χ4v) is 4.37. The maximum Gasteiger partial charge on any atom is 0.411 e. The maximum absolute atomic E-state index is 13.5. The Morgan fingerprint density at radius 1 is 0.868 bits per heavy atom. The molecule has 3 aromatic carbocycles. The molecule has 1 aliphatic rings. The van der Waals surface area contributed by atoms with Gasteiger partial charge in [0.15, 0.2) is 12.1 Å². The number of anilines is 1. The number of carbonyl (C=O) groups excluding carboxylic acids is 3. The van der Waals surface area contributed by atoms with Gasteiger partial charge in [-0.1, -0.05) is 66.7 Å². The number of cyclic esters (lactones) is 1. The number of nitrogens with zero attached hydrogens (tertiary/aromatic N) is 2. The van der Waals surface area contributed by atoms with Crippen LogP contribution in [0.4, 0.5) is 10.5 Å². The van der Waals surface area contributed by atoms with Crippen molar-refractivity contribution in [3.63, 3.8) is 0 Å². The number of pyridine rings is 1. The van der Waals surface area contributed by atoms with Gasteiger partial charge in [-0.25, -0.2) is 4.79 Å². The van der Waals surface area contributed by atoms with E-state index in [1.54, 1.807) is 67.0 Å². The first-order valence-electron chi connectivity index (χ1n) is 12.2. The Morgan fingerprint density at radius 3 is 2.34 bits per heavy atom. The molecule has 0 unspecified atom stereocenters. The van der Waals surface area contributed by atoms with E-state index in [1.807, 2.05) is 42.5 Å². The van der Waals surface area contributed by atoms with Crippen molar-refractivity contribution in [1.82, 2.24) is 15.2 Å². The number of carbonyl (C=O) groups is 3. The summed E-state index contributed by atoms with van der Waals surface area (Å²) in [5.41, 5.74) is 3.36. The van der Waals surface area contributed by atoms with Crippen molar-refractivity contribution in [2.24, 2.45) is 0 Å². The average Bonchev–Trinajstić information content (AvgIpc) is 3.29. The molecule has 5 rings (SSSR count). The summed E-state index contributed by atoms with van der Waals surface area (Å²) in [4.78, 5) is 44.8. The number of amides is 3. The molecule has 190 valence electrons. The molecule has 38 heavy (non-hydrogen) atoms. The lowest BCUT2D eigenvalue weighted by Gasteiger charge is -2.24. The highest BCUT2D eigenvalue weighted by atomic mass is 16.6. The molecule has 0 radical (unpaired) electrons. The molecule has 1 fully saturated rings. The van der Waals surface area contributed by atoms with Crippen LogP contribution < -0.4 is 10.6 Å². The standard InChI is InChI=1S/C30H26N4O4/c35-28(23-12-5-2-6-13-23)33-25-15-7-14-24(17-25)27-26(29(36)32-19-22-11-8-16-31-18-22)34(30(37)38-27)20-21-9-3-1-4-10-21/h1-18,26-27H,19-20H2,(H,32,36)(H,33,35)/t26-,27-/m0/s1. The summed E-state index contributed by atoms with van der Waals surface area (Å²) in [5, 5.41) is 5.80. The summed E-state index contributed by atoms with van der Waals surface area (Å²) in [6.07, 6.45) is 1.89. The van der Waals surface area contributed by atoms with Gasteiger partial charge in [0.05, 0.1) is 6.54 Å². The zero-order valence-corrected chi connectivity index (χ0v) is 20.5. The molecule has 0 bridgehead atoms. The summed E-state index contributed by atoms with van der Waals surface area (Å²) in [5.74, 6) is -0.609. The molecule has 0 spiro atoms. The van der Waals surface area contributed by atoms with Crippen molar-refractivity contribution in [3.8, 4) is 0 Å². The van der Waals surface area contributed by atoms with Crippen molar-refractivity contribution < 1.29 is 19.1 Å². The van der Waals surface area contributed by atoms with Crippen LogP contribution in [0.15, 0.2) is 109 Å². The van der Waals surface area contributed by atoms with Crippen molar-refractivity contribution in [3.05, 3.63) is 132 Å². The fraction of sp³-hybridized carbons (Fsp3) is 0.133. The number of nitrogens with one attached hydrogen (secondary N) is 2. The second-order valence-corrected chi connectivity index (χ2v) is 8.89. The highest BCUT2D eigenvalue weighted by Crippen LogP contribution is 2.35. The molecule has 1 aliphatic heterocycles. The van der Waals surface area contributed by atoms with Gasteiger partial charge >= 0.3 is 6.09 Å². The molecule has 8 nitrogen and oxygen atoms in total. The predicted octanol–water partition coefficient (Wildman–Crippen LogP) is 4.71. The van der Waals surface area contributed by atoms with Crippen LogP contribution in [-0.4, -0.2) is 33.8 Å². The van der Waals surface area contributed by atoms with Crippen molar-refractivity contribution >= 4 is 23.6 Å². The number of hydrogen-bond acceptors (Lipinski definition) is 5. The van der Waals surface area contributed by atoms with E-state index in [9.17, 15) is 14.4 Å². The van der Waals surface area contributed by atoms with Crippen LogP contribution in [-0.2, 0) is 22.6 Å². The molecule has 2 atom stereocenters. The van der Waals surface area contributed by atoms with Gasteiger partial charge in [0, 0.05) is 30.2 Å². The van der Waals surface area contributed by atoms with Crippen molar-refractivity contribution in [1.29, 1.82) is 0 Å². The largest absolute Gasteiger partial charge is 0.438 e. The first-order valence-corrected chi connectivity index (χ1v) is 12.2. The van der Waals surface area contributed by atoms with E-state index in [2.05, 4.69) is 15.6 Å². The SMILES string of the molecule is O=C(Nc1cccc([C@@H]2OC(=O)N(Cc3ccccc3)[C@@H]2C(=O)NCc2cccnc2)c1)c1ccccc1. The number of ether oxygens (including phenoxy) is 1. The van der Waals surface area contributed by atoms with Crippen LogP contribution in [0.3, 0.4) is 0 Å². The molecular weight excluding hydrogens is 480 g/mol. The zero-order valence-electron chi connectivity index (χ0n) is 20.5. The molecule has 1 aromatic heterocycles. The summed E-state index contributed by atoms with van der Waals surface area (Å²) in [7, 11) is 0. The lowest BCUT2D eigenvalue weighted by atomic mass is 10.00. The Morgan fingerprint density at radius 2 is 1.61 bits per heavy atom. The van der Waals surface area contributed by atoms with Gasteiger partial charge in [-0.05, 0) is 47.0 Å². The van der Waals surface area contributed by atoms with Gasteiger partial charge in [0.1, 0.15) is 0 Å². The van der Waals surface area contributed by atoms with Crippen LogP contribution in [0.5, 0.6) is 0 Å². The van der Waals surface area contributed by atoms with Gasteiger partial charge in [-0.3, -0.25) is 19.5 Å². The van der Waals surface area contributed by atoms with Crippen molar-refractivity contribution in [2.75, 3.05) is 5.32 Å². The van der Waals surface area contributed by atoms with E-state index in [1.165, 1.54) is 4.90 Å². The Balaban J connectivity index is 1.40. The fourth-order valence-electron chi connectivity index (χ4n) is 4.37. The van der Waals surface area contributed by atoms with Crippen LogP contribution in [0, 0.1) is 0 Å². The third-order valence-electron chi connectivity index (χ3n) is 6.25. The number of hydrogen-bond donors (Lipinski definition) is 2. The van der Waals surface area contributed by atoms with Gasteiger partial charge < -0.3 is 15.4 Å². The van der Waals surface area contributed by atoms with Crippen LogP contribution in [0.25, 0.3) is 0 Å². The second kappa shape index (κ2) is 11.4. The highest BCUT2D eigenvalue weighted by Gasteiger charge is 2.47. The topological polar surface area (TPSA) is 101 Å². The first-order chi connectivity index (χ1) is 18.6. The second-order valence-electron chi connectivity index (χ2n) is 8.89. The van der Waals surface area contributed by atoms with Crippen LogP contribution >= 0.6 is 0 Å². The zero-order chi connectivity index (χ0) is 26.3. The van der Waals surface area contributed by atoms with Gasteiger partial charge in [-0.2, -0.15) is 0 Å². The van der Waals surface area contributed by atoms with E-state index >= 15 is 0 Å². The molecular formula is C30H26N4O4. The van der Waals surface area contributed by atoms with Crippen LogP contribution in [0.1, 0.15) is 33.2 Å². The maximum atomic E-state index is 13.5. The first kappa shape index (κ1) is 24.7. The summed E-state index contributed by atoms with van der Waals surface area (Å²) in [6, 6.07) is 28.1. The molecule has 8 heteroatoms. The Bertz CT molecular complexity index is 1410.